The highest BCUT2D eigenvalue weighted by molar-refractivity contribution is 7.99. The van der Waals surface area contributed by atoms with Crippen LogP contribution in [0.4, 0.5) is 0 Å². The van der Waals surface area contributed by atoms with E-state index >= 15 is 0 Å². The minimum absolute atomic E-state index is 0.00695. The van der Waals surface area contributed by atoms with Crippen molar-refractivity contribution in [3.8, 4) is 22.8 Å². The number of pyridine rings is 1. The summed E-state index contributed by atoms with van der Waals surface area (Å²) in [4.78, 5) is 17.7. The Hall–Kier alpha value is -2.87. The molecule has 0 atom stereocenters. The van der Waals surface area contributed by atoms with Crippen LogP contribution in [0.3, 0.4) is 0 Å². The van der Waals surface area contributed by atoms with Crippen LogP contribution in [0.15, 0.2) is 53.9 Å². The number of methoxy groups -OCH3 is 1. The lowest BCUT2D eigenvalue weighted by molar-refractivity contribution is -0.125. The molecule has 0 aliphatic heterocycles. The third kappa shape index (κ3) is 3.70. The fourth-order valence-electron chi connectivity index (χ4n) is 2.33. The molecule has 0 saturated heterocycles. The van der Waals surface area contributed by atoms with Crippen molar-refractivity contribution in [1.82, 2.24) is 24.6 Å². The number of para-hydroxylation sites is 2. The third-order valence-corrected chi connectivity index (χ3v) is 4.62. The molecular formula is C18H19N5O2S. The van der Waals surface area contributed by atoms with Gasteiger partial charge in [-0.15, -0.1) is 10.2 Å². The van der Waals surface area contributed by atoms with Gasteiger partial charge in [-0.2, -0.15) is 0 Å². The average molecular weight is 369 g/mol. The molecule has 134 valence electrons. The molecule has 0 spiro atoms. The van der Waals surface area contributed by atoms with E-state index in [0.29, 0.717) is 16.7 Å². The largest absolute Gasteiger partial charge is 0.495 e. The van der Waals surface area contributed by atoms with Gasteiger partial charge >= 0.3 is 0 Å². The van der Waals surface area contributed by atoms with E-state index in [1.807, 2.05) is 41.0 Å². The Bertz CT molecular complexity index is 896. The van der Waals surface area contributed by atoms with Gasteiger partial charge in [0.05, 0.1) is 18.6 Å². The van der Waals surface area contributed by atoms with Gasteiger partial charge in [0, 0.05) is 32.1 Å². The molecule has 7 nitrogen and oxygen atoms in total. The number of hydrogen-bond acceptors (Lipinski definition) is 6. The van der Waals surface area contributed by atoms with E-state index in [0.717, 1.165) is 11.3 Å². The second kappa shape index (κ2) is 8.01. The molecule has 3 aromatic rings. The summed E-state index contributed by atoms with van der Waals surface area (Å²) in [6.45, 7) is 0. The maximum absolute atomic E-state index is 12.0. The number of aromatic nitrogens is 4. The number of carbonyl (C=O) groups excluding carboxylic acids is 1. The van der Waals surface area contributed by atoms with E-state index in [2.05, 4.69) is 15.2 Å². The molecule has 2 aromatic heterocycles. The van der Waals surface area contributed by atoms with Gasteiger partial charge in [0.1, 0.15) is 5.75 Å². The molecule has 0 aliphatic carbocycles. The smallest absolute Gasteiger partial charge is 0.232 e. The van der Waals surface area contributed by atoms with Crippen LogP contribution < -0.4 is 4.74 Å². The lowest BCUT2D eigenvalue weighted by Gasteiger charge is -2.14. The molecule has 0 radical (unpaired) electrons. The summed E-state index contributed by atoms with van der Waals surface area (Å²) in [6, 6.07) is 11.4. The zero-order chi connectivity index (χ0) is 18.5. The van der Waals surface area contributed by atoms with Crippen LogP contribution in [-0.4, -0.2) is 57.5 Å². The van der Waals surface area contributed by atoms with Crippen molar-refractivity contribution in [1.29, 1.82) is 0 Å². The topological polar surface area (TPSA) is 73.1 Å². The first kappa shape index (κ1) is 17.9. The number of hydrogen-bond donors (Lipinski definition) is 0. The van der Waals surface area contributed by atoms with Crippen LogP contribution >= 0.6 is 11.8 Å². The Labute approximate surface area is 156 Å². The zero-order valence-corrected chi connectivity index (χ0v) is 15.6. The van der Waals surface area contributed by atoms with Gasteiger partial charge in [-0.05, 0) is 24.3 Å². The van der Waals surface area contributed by atoms with E-state index in [1.54, 1.807) is 38.5 Å². The lowest BCUT2D eigenvalue weighted by Crippen LogP contribution is -2.23. The van der Waals surface area contributed by atoms with Crippen molar-refractivity contribution in [3.05, 3.63) is 48.8 Å². The minimum atomic E-state index is 0.00695. The monoisotopic (exact) mass is 369 g/mol. The molecule has 0 bridgehead atoms. The van der Waals surface area contributed by atoms with Crippen LogP contribution in [0.25, 0.3) is 17.1 Å². The quantitative estimate of drug-likeness (QED) is 0.622. The van der Waals surface area contributed by atoms with Crippen molar-refractivity contribution in [2.24, 2.45) is 0 Å². The number of thioether (sulfide) groups is 1. The Morgan fingerprint density at radius 3 is 2.69 bits per heavy atom. The summed E-state index contributed by atoms with van der Waals surface area (Å²) in [7, 11) is 5.08. The molecule has 0 fully saturated rings. The molecule has 2 heterocycles. The van der Waals surface area contributed by atoms with Gasteiger partial charge in [-0.3, -0.25) is 14.3 Å². The third-order valence-electron chi connectivity index (χ3n) is 3.70. The van der Waals surface area contributed by atoms with Crippen molar-refractivity contribution >= 4 is 17.7 Å². The summed E-state index contributed by atoms with van der Waals surface area (Å²) in [5.41, 5.74) is 1.63. The number of rotatable bonds is 6. The van der Waals surface area contributed by atoms with Gasteiger partial charge in [-0.1, -0.05) is 23.9 Å². The molecule has 0 aliphatic rings. The number of ether oxygens (including phenoxy) is 1. The van der Waals surface area contributed by atoms with Gasteiger partial charge in [0.15, 0.2) is 11.0 Å². The van der Waals surface area contributed by atoms with E-state index in [1.165, 1.54) is 11.8 Å². The fourth-order valence-corrected chi connectivity index (χ4v) is 3.26. The Morgan fingerprint density at radius 1 is 1.19 bits per heavy atom. The molecular weight excluding hydrogens is 350 g/mol. The fraction of sp³-hybridized carbons (Fsp3) is 0.222. The molecule has 0 unspecified atom stereocenters. The second-order valence-corrected chi connectivity index (χ2v) is 6.57. The summed E-state index contributed by atoms with van der Waals surface area (Å²) in [6.07, 6.45) is 3.44. The van der Waals surface area contributed by atoms with Crippen LogP contribution in [0.1, 0.15) is 0 Å². The molecule has 1 amide bonds. The maximum atomic E-state index is 12.0. The summed E-state index contributed by atoms with van der Waals surface area (Å²) in [5.74, 6) is 1.61. The van der Waals surface area contributed by atoms with E-state index in [-0.39, 0.29) is 11.7 Å². The predicted molar refractivity (Wildman–Crippen MR) is 101 cm³/mol. The first-order valence-corrected chi connectivity index (χ1v) is 8.92. The molecule has 8 heteroatoms. The van der Waals surface area contributed by atoms with Gasteiger partial charge in [0.2, 0.25) is 5.91 Å². The van der Waals surface area contributed by atoms with Gasteiger partial charge in [-0.25, -0.2) is 0 Å². The summed E-state index contributed by atoms with van der Waals surface area (Å²) >= 11 is 1.34. The molecule has 0 saturated carbocycles. The highest BCUT2D eigenvalue weighted by atomic mass is 32.2. The zero-order valence-electron chi connectivity index (χ0n) is 14.8. The van der Waals surface area contributed by atoms with Crippen molar-refractivity contribution < 1.29 is 9.53 Å². The summed E-state index contributed by atoms with van der Waals surface area (Å²) < 4.78 is 7.39. The SMILES string of the molecule is COc1ccccc1-n1c(SCC(=O)N(C)C)nnc1-c1cccnc1. The molecule has 0 N–H and O–H groups in total. The normalized spacial score (nSPS) is 10.6. The van der Waals surface area contributed by atoms with Crippen LogP contribution in [0.5, 0.6) is 5.75 Å². The highest BCUT2D eigenvalue weighted by Crippen LogP contribution is 2.32. The standard InChI is InChI=1S/C18H19N5O2S/c1-22(2)16(24)12-26-18-21-20-17(13-7-6-10-19-11-13)23(18)14-8-4-5-9-15(14)25-3/h4-11H,12H2,1-3H3. The van der Waals surface area contributed by atoms with Crippen LogP contribution in [0.2, 0.25) is 0 Å². The van der Waals surface area contributed by atoms with Crippen molar-refractivity contribution in [2.45, 2.75) is 5.16 Å². The van der Waals surface area contributed by atoms with Crippen molar-refractivity contribution in [3.63, 3.8) is 0 Å². The minimum Gasteiger partial charge on any atom is -0.495 e. The van der Waals surface area contributed by atoms with E-state index in [9.17, 15) is 4.79 Å². The molecule has 1 aromatic carbocycles. The lowest BCUT2D eigenvalue weighted by atomic mass is 10.2. The first-order valence-electron chi connectivity index (χ1n) is 7.94. The first-order chi connectivity index (χ1) is 12.6. The van der Waals surface area contributed by atoms with E-state index < -0.39 is 0 Å². The molecule has 26 heavy (non-hydrogen) atoms. The van der Waals surface area contributed by atoms with Crippen LogP contribution in [-0.2, 0) is 4.79 Å². The Balaban J connectivity index is 2.08. The Kier molecular flexibility index (Phi) is 5.52. The van der Waals surface area contributed by atoms with Crippen molar-refractivity contribution in [2.75, 3.05) is 27.0 Å². The highest BCUT2D eigenvalue weighted by Gasteiger charge is 2.20. The average Bonchev–Trinajstić information content (AvgIpc) is 3.10. The predicted octanol–water partition coefficient (Wildman–Crippen LogP) is 2.52. The van der Waals surface area contributed by atoms with E-state index in [4.69, 9.17) is 4.74 Å². The Morgan fingerprint density at radius 2 is 2.00 bits per heavy atom. The van der Waals surface area contributed by atoms with Gasteiger partial charge < -0.3 is 9.64 Å². The second-order valence-electron chi connectivity index (χ2n) is 5.63. The number of carbonyl (C=O) groups is 1. The van der Waals surface area contributed by atoms with Crippen LogP contribution in [0, 0.1) is 0 Å². The number of amides is 1. The molecule has 3 rings (SSSR count). The summed E-state index contributed by atoms with van der Waals surface area (Å²) in [5, 5.41) is 9.24. The number of benzene rings is 1. The van der Waals surface area contributed by atoms with Gasteiger partial charge in [0.25, 0.3) is 0 Å². The number of nitrogens with zero attached hydrogens (tertiary/aromatic N) is 5. The maximum Gasteiger partial charge on any atom is 0.232 e.